The van der Waals surface area contributed by atoms with Crippen molar-refractivity contribution < 1.29 is 9.90 Å². The number of benzene rings is 1. The summed E-state index contributed by atoms with van der Waals surface area (Å²) in [5, 5.41) is 13.4. The molecule has 0 aliphatic carbocycles. The van der Waals surface area contributed by atoms with E-state index in [1.54, 1.807) is 24.3 Å². The predicted molar refractivity (Wildman–Crippen MR) is 86.5 cm³/mol. The highest BCUT2D eigenvalue weighted by molar-refractivity contribution is 5.84. The fourth-order valence-electron chi connectivity index (χ4n) is 2.07. The normalized spacial score (nSPS) is 10.9. The number of nitrogens with one attached hydrogen (secondary N) is 1. The lowest BCUT2D eigenvalue weighted by Crippen LogP contribution is -2.16. The minimum Gasteiger partial charge on any atom is -0.507 e. The standard InChI is InChI=1S/C17H26N2O2/c1-2-3-4-5-6-7-8-13-17(21)19-18-14-15-11-9-10-12-16(15)20/h9-12,14,20H,2-8,13H2,1H3,(H,19,21)/b18-14+. The zero-order valence-electron chi connectivity index (χ0n) is 12.8. The number of nitrogens with zero attached hydrogens (tertiary/aromatic N) is 1. The summed E-state index contributed by atoms with van der Waals surface area (Å²) in [5.74, 6) is 0.0813. The first-order valence-corrected chi connectivity index (χ1v) is 7.84. The van der Waals surface area contributed by atoms with Crippen molar-refractivity contribution in [1.29, 1.82) is 0 Å². The Morgan fingerprint density at radius 2 is 1.81 bits per heavy atom. The zero-order chi connectivity index (χ0) is 15.3. The molecule has 0 radical (unpaired) electrons. The summed E-state index contributed by atoms with van der Waals surface area (Å²) in [6, 6.07) is 6.87. The second-order valence-electron chi connectivity index (χ2n) is 5.22. The molecular weight excluding hydrogens is 264 g/mol. The highest BCUT2D eigenvalue weighted by atomic mass is 16.3. The second-order valence-corrected chi connectivity index (χ2v) is 5.22. The average molecular weight is 290 g/mol. The van der Waals surface area contributed by atoms with Gasteiger partial charge < -0.3 is 5.11 Å². The molecule has 1 amide bonds. The van der Waals surface area contributed by atoms with Crippen molar-refractivity contribution in [1.82, 2.24) is 5.43 Å². The van der Waals surface area contributed by atoms with Crippen LogP contribution >= 0.6 is 0 Å². The molecule has 0 aliphatic rings. The summed E-state index contributed by atoms with van der Waals surface area (Å²) in [7, 11) is 0. The summed E-state index contributed by atoms with van der Waals surface area (Å²) < 4.78 is 0. The molecule has 2 N–H and O–H groups in total. The first-order valence-electron chi connectivity index (χ1n) is 7.84. The molecule has 1 rings (SSSR count). The number of aromatic hydroxyl groups is 1. The molecule has 21 heavy (non-hydrogen) atoms. The van der Waals surface area contributed by atoms with Crippen molar-refractivity contribution in [2.45, 2.75) is 58.3 Å². The molecule has 0 atom stereocenters. The van der Waals surface area contributed by atoms with E-state index in [1.807, 2.05) is 0 Å². The van der Waals surface area contributed by atoms with Crippen LogP contribution in [0.25, 0.3) is 0 Å². The molecule has 116 valence electrons. The maximum Gasteiger partial charge on any atom is 0.240 e. The molecule has 0 fully saturated rings. The molecule has 1 aromatic rings. The number of phenolic OH excluding ortho intramolecular Hbond substituents is 1. The SMILES string of the molecule is CCCCCCCCCC(=O)N/N=C/c1ccccc1O. The van der Waals surface area contributed by atoms with E-state index in [9.17, 15) is 9.90 Å². The van der Waals surface area contributed by atoms with Crippen molar-refractivity contribution in [3.63, 3.8) is 0 Å². The number of phenols is 1. The average Bonchev–Trinajstić information content (AvgIpc) is 2.48. The van der Waals surface area contributed by atoms with E-state index in [0.29, 0.717) is 12.0 Å². The Balaban J connectivity index is 2.10. The van der Waals surface area contributed by atoms with Crippen LogP contribution in [0.2, 0.25) is 0 Å². The largest absolute Gasteiger partial charge is 0.507 e. The number of unbranched alkanes of at least 4 members (excludes halogenated alkanes) is 6. The molecule has 0 saturated heterocycles. The van der Waals surface area contributed by atoms with Crippen molar-refractivity contribution in [3.8, 4) is 5.75 Å². The maximum atomic E-state index is 11.6. The van der Waals surface area contributed by atoms with Crippen molar-refractivity contribution in [2.75, 3.05) is 0 Å². The van der Waals surface area contributed by atoms with Crippen LogP contribution in [0.15, 0.2) is 29.4 Å². The van der Waals surface area contributed by atoms with Gasteiger partial charge in [0.25, 0.3) is 0 Å². The predicted octanol–water partition coefficient (Wildman–Crippen LogP) is 3.98. The summed E-state index contributed by atoms with van der Waals surface area (Å²) in [5.41, 5.74) is 3.08. The number of para-hydroxylation sites is 1. The van der Waals surface area contributed by atoms with Crippen LogP contribution in [-0.4, -0.2) is 17.2 Å². The Hall–Kier alpha value is -1.84. The van der Waals surface area contributed by atoms with Crippen molar-refractivity contribution in [3.05, 3.63) is 29.8 Å². The van der Waals surface area contributed by atoms with E-state index in [4.69, 9.17) is 0 Å². The van der Waals surface area contributed by atoms with E-state index < -0.39 is 0 Å². The van der Waals surface area contributed by atoms with Gasteiger partial charge in [0.1, 0.15) is 5.75 Å². The second kappa shape index (κ2) is 10.9. The number of hydrogen-bond acceptors (Lipinski definition) is 3. The molecule has 0 saturated carbocycles. The molecule has 0 heterocycles. The molecule has 0 aliphatic heterocycles. The van der Waals surface area contributed by atoms with Crippen molar-refractivity contribution >= 4 is 12.1 Å². The van der Waals surface area contributed by atoms with E-state index in [2.05, 4.69) is 17.5 Å². The van der Waals surface area contributed by atoms with E-state index in [-0.39, 0.29) is 11.7 Å². The van der Waals surface area contributed by atoms with Crippen LogP contribution in [0.1, 0.15) is 63.9 Å². The van der Waals surface area contributed by atoms with Crippen LogP contribution in [0.4, 0.5) is 0 Å². The van der Waals surface area contributed by atoms with Gasteiger partial charge in [-0.05, 0) is 18.6 Å². The number of carbonyl (C=O) groups excluding carboxylic acids is 1. The molecule has 0 spiro atoms. The summed E-state index contributed by atoms with van der Waals surface area (Å²) in [6.45, 7) is 2.21. The lowest BCUT2D eigenvalue weighted by Gasteiger charge is -2.01. The zero-order valence-corrected chi connectivity index (χ0v) is 12.8. The summed E-state index contributed by atoms with van der Waals surface area (Å²) in [4.78, 5) is 11.6. The number of hydrogen-bond donors (Lipinski definition) is 2. The van der Waals surface area contributed by atoms with Gasteiger partial charge in [-0.2, -0.15) is 5.10 Å². The highest BCUT2D eigenvalue weighted by Crippen LogP contribution is 2.12. The van der Waals surface area contributed by atoms with Crippen LogP contribution in [0.5, 0.6) is 5.75 Å². The Morgan fingerprint density at radius 1 is 1.14 bits per heavy atom. The maximum absolute atomic E-state index is 11.6. The monoisotopic (exact) mass is 290 g/mol. The van der Waals surface area contributed by atoms with Gasteiger partial charge >= 0.3 is 0 Å². The van der Waals surface area contributed by atoms with Gasteiger partial charge in [0.05, 0.1) is 6.21 Å². The lowest BCUT2D eigenvalue weighted by molar-refractivity contribution is -0.121. The van der Waals surface area contributed by atoms with E-state index >= 15 is 0 Å². The van der Waals surface area contributed by atoms with Gasteiger partial charge in [-0.15, -0.1) is 0 Å². The fraction of sp³-hybridized carbons (Fsp3) is 0.529. The molecule has 0 aromatic heterocycles. The van der Waals surface area contributed by atoms with E-state index in [0.717, 1.165) is 12.8 Å². The minimum atomic E-state index is -0.0739. The highest BCUT2D eigenvalue weighted by Gasteiger charge is 2.00. The Morgan fingerprint density at radius 3 is 2.52 bits per heavy atom. The number of amides is 1. The Bertz CT molecular complexity index is 444. The van der Waals surface area contributed by atoms with Gasteiger partial charge in [0.15, 0.2) is 0 Å². The third-order valence-electron chi connectivity index (χ3n) is 3.34. The van der Waals surface area contributed by atoms with Gasteiger partial charge in [0.2, 0.25) is 5.91 Å². The molecule has 4 nitrogen and oxygen atoms in total. The number of hydrazone groups is 1. The minimum absolute atomic E-state index is 0.0739. The molecule has 0 bridgehead atoms. The van der Waals surface area contributed by atoms with Gasteiger partial charge in [-0.3, -0.25) is 4.79 Å². The van der Waals surface area contributed by atoms with Gasteiger partial charge in [0, 0.05) is 12.0 Å². The van der Waals surface area contributed by atoms with Crippen LogP contribution in [-0.2, 0) is 4.79 Å². The summed E-state index contributed by atoms with van der Waals surface area (Å²) in [6.07, 6.45) is 10.3. The van der Waals surface area contributed by atoms with Crippen LogP contribution in [0, 0.1) is 0 Å². The van der Waals surface area contributed by atoms with E-state index in [1.165, 1.54) is 38.3 Å². The molecule has 1 aromatic carbocycles. The lowest BCUT2D eigenvalue weighted by atomic mass is 10.1. The molecular formula is C17H26N2O2. The van der Waals surface area contributed by atoms with Crippen LogP contribution in [0.3, 0.4) is 0 Å². The quantitative estimate of drug-likeness (QED) is 0.389. The Kier molecular flexibility index (Phi) is 8.93. The first-order chi connectivity index (χ1) is 10.2. The third-order valence-corrected chi connectivity index (χ3v) is 3.34. The fourth-order valence-corrected chi connectivity index (χ4v) is 2.07. The number of rotatable bonds is 10. The smallest absolute Gasteiger partial charge is 0.240 e. The summed E-state index contributed by atoms with van der Waals surface area (Å²) >= 11 is 0. The van der Waals surface area contributed by atoms with Gasteiger partial charge in [-0.25, -0.2) is 5.43 Å². The third kappa shape index (κ3) is 8.12. The topological polar surface area (TPSA) is 61.7 Å². The van der Waals surface area contributed by atoms with Crippen LogP contribution < -0.4 is 5.43 Å². The molecule has 0 unspecified atom stereocenters. The number of carbonyl (C=O) groups is 1. The molecule has 4 heteroatoms. The first kappa shape index (κ1) is 17.2. The van der Waals surface area contributed by atoms with Gasteiger partial charge in [-0.1, -0.05) is 57.6 Å². The Labute approximate surface area is 127 Å². The van der Waals surface area contributed by atoms with Crippen molar-refractivity contribution in [2.24, 2.45) is 5.10 Å².